The minimum atomic E-state index is -0.110. The van der Waals surface area contributed by atoms with Crippen molar-refractivity contribution in [3.8, 4) is 11.5 Å². The Kier molecular flexibility index (Phi) is 6.11. The summed E-state index contributed by atoms with van der Waals surface area (Å²) in [6, 6.07) is 14.2. The zero-order chi connectivity index (χ0) is 23.0. The molecule has 1 fully saturated rings. The highest BCUT2D eigenvalue weighted by Gasteiger charge is 2.43. The Morgan fingerprint density at radius 1 is 1.06 bits per heavy atom. The smallest absolute Gasteiger partial charge is 0.174 e. The predicted octanol–water partition coefficient (Wildman–Crippen LogP) is 5.28. The number of aryl methyl sites for hydroxylation is 1. The second kappa shape index (κ2) is 8.82. The van der Waals surface area contributed by atoms with Crippen molar-refractivity contribution in [3.63, 3.8) is 0 Å². The monoisotopic (exact) mass is 450 g/mol. The number of benzene rings is 1. The van der Waals surface area contributed by atoms with Gasteiger partial charge in [0.15, 0.2) is 5.11 Å². The molecule has 1 saturated heterocycles. The SMILES string of the molecule is COc1ccc(OC)c(N2C(=S)N[C@@H](c3ccccn3)[C@@H]2c2cc(C)n(C(C)C)c2C)c1. The van der Waals surface area contributed by atoms with Gasteiger partial charge in [-0.3, -0.25) is 4.98 Å². The fraction of sp³-hybridized carbons (Fsp3) is 0.360. The molecule has 0 amide bonds. The van der Waals surface area contributed by atoms with Crippen LogP contribution in [-0.4, -0.2) is 28.9 Å². The second-order valence-corrected chi connectivity index (χ2v) is 8.71. The average molecular weight is 451 g/mol. The third-order valence-corrected chi connectivity index (χ3v) is 6.42. The number of methoxy groups -OCH3 is 2. The topological polar surface area (TPSA) is 51.6 Å². The summed E-state index contributed by atoms with van der Waals surface area (Å²) in [5.74, 6) is 1.48. The molecular weight excluding hydrogens is 420 g/mol. The maximum atomic E-state index is 5.88. The number of ether oxygens (including phenoxy) is 2. The Morgan fingerprint density at radius 3 is 2.44 bits per heavy atom. The molecule has 0 saturated carbocycles. The van der Waals surface area contributed by atoms with Gasteiger partial charge < -0.3 is 24.3 Å². The molecule has 0 aliphatic carbocycles. The molecule has 32 heavy (non-hydrogen) atoms. The van der Waals surface area contributed by atoms with E-state index in [0.717, 1.165) is 22.9 Å². The van der Waals surface area contributed by atoms with Crippen molar-refractivity contribution >= 4 is 23.0 Å². The Bertz CT molecular complexity index is 1130. The summed E-state index contributed by atoms with van der Waals surface area (Å²) in [4.78, 5) is 6.80. The lowest BCUT2D eigenvalue weighted by molar-refractivity contribution is 0.403. The lowest BCUT2D eigenvalue weighted by Crippen LogP contribution is -2.30. The quantitative estimate of drug-likeness (QED) is 0.516. The number of nitrogens with zero attached hydrogens (tertiary/aromatic N) is 3. The van der Waals surface area contributed by atoms with Crippen LogP contribution in [0.3, 0.4) is 0 Å². The Hall–Kier alpha value is -3.06. The van der Waals surface area contributed by atoms with Crippen molar-refractivity contribution < 1.29 is 9.47 Å². The zero-order valence-corrected chi connectivity index (χ0v) is 20.2. The molecule has 168 valence electrons. The molecule has 2 aromatic heterocycles. The van der Waals surface area contributed by atoms with Gasteiger partial charge in [0.05, 0.1) is 37.7 Å². The van der Waals surface area contributed by atoms with E-state index >= 15 is 0 Å². The third kappa shape index (κ3) is 3.71. The third-order valence-electron chi connectivity index (χ3n) is 6.10. The highest BCUT2D eigenvalue weighted by molar-refractivity contribution is 7.80. The number of hydrogen-bond donors (Lipinski definition) is 1. The summed E-state index contributed by atoms with van der Waals surface area (Å²) in [6.07, 6.45) is 1.82. The Labute approximate surface area is 195 Å². The molecule has 4 rings (SSSR count). The number of nitrogens with one attached hydrogen (secondary N) is 1. The van der Waals surface area contributed by atoms with E-state index in [1.165, 1.54) is 17.0 Å². The maximum absolute atomic E-state index is 5.88. The van der Waals surface area contributed by atoms with Gasteiger partial charge in [-0.05, 0) is 75.8 Å². The molecule has 3 aromatic rings. The number of rotatable bonds is 6. The molecule has 1 N–H and O–H groups in total. The molecule has 0 radical (unpaired) electrons. The fourth-order valence-corrected chi connectivity index (χ4v) is 5.15. The molecular formula is C25H30N4O2S. The van der Waals surface area contributed by atoms with Crippen molar-refractivity contribution in [3.05, 3.63) is 71.3 Å². The summed E-state index contributed by atoms with van der Waals surface area (Å²) < 4.78 is 13.6. The van der Waals surface area contributed by atoms with Crippen LogP contribution in [0.15, 0.2) is 48.7 Å². The standard InChI is InChI=1S/C25H30N4O2S/c1-15(2)28-16(3)13-19(17(28)4)24-23(20-9-7-8-12-26-20)27-25(32)29(24)21-14-18(30-5)10-11-22(21)31-6/h7-15,23-24H,1-6H3,(H,27,32)/t23-,24-/m0/s1. The minimum absolute atomic E-state index is 0.0999. The van der Waals surface area contributed by atoms with Crippen LogP contribution < -0.4 is 19.7 Å². The van der Waals surface area contributed by atoms with Gasteiger partial charge in [-0.25, -0.2) is 0 Å². The van der Waals surface area contributed by atoms with Crippen LogP contribution in [0.25, 0.3) is 0 Å². The minimum Gasteiger partial charge on any atom is -0.497 e. The molecule has 1 aliphatic heterocycles. The zero-order valence-electron chi connectivity index (χ0n) is 19.4. The van der Waals surface area contributed by atoms with Crippen LogP contribution in [0, 0.1) is 13.8 Å². The lowest BCUT2D eigenvalue weighted by atomic mass is 9.96. The number of pyridine rings is 1. The number of aromatic nitrogens is 2. The first-order valence-corrected chi connectivity index (χ1v) is 11.2. The van der Waals surface area contributed by atoms with E-state index in [4.69, 9.17) is 21.7 Å². The van der Waals surface area contributed by atoms with E-state index in [1.54, 1.807) is 14.2 Å². The van der Waals surface area contributed by atoms with Crippen LogP contribution in [0.1, 0.15) is 54.6 Å². The van der Waals surface area contributed by atoms with Crippen molar-refractivity contribution in [2.24, 2.45) is 0 Å². The first kappa shape index (κ1) is 22.1. The normalized spacial score (nSPS) is 18.2. The molecule has 0 spiro atoms. The highest BCUT2D eigenvalue weighted by atomic mass is 32.1. The van der Waals surface area contributed by atoms with E-state index < -0.39 is 0 Å². The summed E-state index contributed by atoms with van der Waals surface area (Å²) >= 11 is 5.88. The van der Waals surface area contributed by atoms with Gasteiger partial charge in [-0.1, -0.05) is 6.07 Å². The van der Waals surface area contributed by atoms with Gasteiger partial charge in [-0.2, -0.15) is 0 Å². The first-order chi connectivity index (χ1) is 15.4. The number of hydrogen-bond acceptors (Lipinski definition) is 4. The van der Waals surface area contributed by atoms with E-state index in [1.807, 2.05) is 42.6 Å². The van der Waals surface area contributed by atoms with Crippen molar-refractivity contribution in [2.45, 2.75) is 45.8 Å². The Balaban J connectivity index is 1.94. The first-order valence-electron chi connectivity index (χ1n) is 10.8. The Morgan fingerprint density at radius 2 is 1.84 bits per heavy atom. The number of anilines is 1. The maximum Gasteiger partial charge on any atom is 0.174 e. The molecule has 1 aromatic carbocycles. The van der Waals surface area contributed by atoms with Gasteiger partial charge in [0.1, 0.15) is 11.5 Å². The van der Waals surface area contributed by atoms with Crippen LogP contribution in [0.4, 0.5) is 5.69 Å². The molecule has 2 atom stereocenters. The van der Waals surface area contributed by atoms with E-state index in [9.17, 15) is 0 Å². The van der Waals surface area contributed by atoms with Crippen LogP contribution in [-0.2, 0) is 0 Å². The van der Waals surface area contributed by atoms with Crippen LogP contribution in [0.2, 0.25) is 0 Å². The van der Waals surface area contributed by atoms with E-state index in [2.05, 4.69) is 53.5 Å². The highest BCUT2D eigenvalue weighted by Crippen LogP contribution is 2.47. The number of thiocarbonyl (C=S) groups is 1. The average Bonchev–Trinajstić information content (AvgIpc) is 3.28. The van der Waals surface area contributed by atoms with E-state index in [-0.39, 0.29) is 12.1 Å². The van der Waals surface area contributed by atoms with Gasteiger partial charge in [-0.15, -0.1) is 0 Å². The molecule has 0 bridgehead atoms. The van der Waals surface area contributed by atoms with Gasteiger partial charge in [0.2, 0.25) is 0 Å². The van der Waals surface area contributed by atoms with Gasteiger partial charge >= 0.3 is 0 Å². The molecule has 1 aliphatic rings. The van der Waals surface area contributed by atoms with Crippen molar-refractivity contribution in [2.75, 3.05) is 19.1 Å². The molecule has 6 nitrogen and oxygen atoms in total. The predicted molar refractivity (Wildman–Crippen MR) is 132 cm³/mol. The van der Waals surface area contributed by atoms with Crippen LogP contribution in [0.5, 0.6) is 11.5 Å². The van der Waals surface area contributed by atoms with E-state index in [0.29, 0.717) is 11.2 Å². The largest absolute Gasteiger partial charge is 0.497 e. The van der Waals surface area contributed by atoms with Crippen molar-refractivity contribution in [1.82, 2.24) is 14.9 Å². The summed E-state index contributed by atoms with van der Waals surface area (Å²) in [5.41, 5.74) is 5.47. The summed E-state index contributed by atoms with van der Waals surface area (Å²) in [6.45, 7) is 8.75. The van der Waals surface area contributed by atoms with Crippen molar-refractivity contribution in [1.29, 1.82) is 0 Å². The lowest BCUT2D eigenvalue weighted by Gasteiger charge is -2.29. The summed E-state index contributed by atoms with van der Waals surface area (Å²) in [5, 5.41) is 4.16. The molecule has 7 heteroatoms. The van der Waals surface area contributed by atoms with Gasteiger partial charge in [0, 0.05) is 29.7 Å². The molecule has 3 heterocycles. The summed E-state index contributed by atoms with van der Waals surface area (Å²) in [7, 11) is 3.34. The molecule has 0 unspecified atom stereocenters. The van der Waals surface area contributed by atoms with Gasteiger partial charge in [0.25, 0.3) is 0 Å². The van der Waals surface area contributed by atoms with Crippen LogP contribution >= 0.6 is 12.2 Å². The fourth-order valence-electron chi connectivity index (χ4n) is 4.81. The second-order valence-electron chi connectivity index (χ2n) is 8.32.